The van der Waals surface area contributed by atoms with Crippen LogP contribution in [-0.4, -0.2) is 22.4 Å². The fourth-order valence-electron chi connectivity index (χ4n) is 1.02. The molecule has 13 heavy (non-hydrogen) atoms. The maximum atomic E-state index is 11.3. The molecule has 0 aromatic carbocycles. The van der Waals surface area contributed by atoms with Crippen LogP contribution in [0.5, 0.6) is 0 Å². The number of hydrogen-bond donors (Lipinski definition) is 0. The first-order valence-corrected chi connectivity index (χ1v) is 4.32. The quantitative estimate of drug-likeness (QED) is 0.662. The molecule has 0 amide bonds. The lowest BCUT2D eigenvalue weighted by atomic mass is 10.3. The van der Waals surface area contributed by atoms with Crippen molar-refractivity contribution in [1.29, 1.82) is 0 Å². The zero-order valence-corrected chi connectivity index (χ0v) is 8.15. The van der Waals surface area contributed by atoms with Gasteiger partial charge in [0.05, 0.1) is 12.8 Å². The second-order valence-electron chi connectivity index (χ2n) is 2.93. The molecule has 1 atom stereocenters. The van der Waals surface area contributed by atoms with Gasteiger partial charge in [0.25, 0.3) is 0 Å². The van der Waals surface area contributed by atoms with E-state index >= 15 is 0 Å². The van der Waals surface area contributed by atoms with Gasteiger partial charge in [-0.1, -0.05) is 0 Å². The SMILES string of the molecule is CCOC(=O)[C@H](C)n1cc(C)cn1. The summed E-state index contributed by atoms with van der Waals surface area (Å²) in [4.78, 5) is 11.3. The van der Waals surface area contributed by atoms with E-state index in [1.54, 1.807) is 24.7 Å². The number of nitrogens with zero attached hydrogens (tertiary/aromatic N) is 2. The fourth-order valence-corrected chi connectivity index (χ4v) is 1.02. The predicted octanol–water partition coefficient (Wildman–Crippen LogP) is 1.32. The molecule has 0 N–H and O–H groups in total. The number of carbonyl (C=O) groups excluding carboxylic acids is 1. The van der Waals surface area contributed by atoms with Gasteiger partial charge >= 0.3 is 5.97 Å². The molecule has 1 rings (SSSR count). The lowest BCUT2D eigenvalue weighted by Crippen LogP contribution is -2.19. The highest BCUT2D eigenvalue weighted by atomic mass is 16.5. The molecular formula is C9H14N2O2. The molecule has 0 spiro atoms. The normalized spacial score (nSPS) is 12.5. The van der Waals surface area contributed by atoms with Crippen molar-refractivity contribution in [3.8, 4) is 0 Å². The van der Waals surface area contributed by atoms with Gasteiger partial charge in [0.1, 0.15) is 6.04 Å². The molecule has 0 saturated heterocycles. The maximum Gasteiger partial charge on any atom is 0.330 e. The van der Waals surface area contributed by atoms with E-state index in [-0.39, 0.29) is 12.0 Å². The highest BCUT2D eigenvalue weighted by Crippen LogP contribution is 2.07. The summed E-state index contributed by atoms with van der Waals surface area (Å²) < 4.78 is 6.47. The second-order valence-corrected chi connectivity index (χ2v) is 2.93. The van der Waals surface area contributed by atoms with Crippen LogP contribution in [0.4, 0.5) is 0 Å². The molecule has 0 fully saturated rings. The van der Waals surface area contributed by atoms with Gasteiger partial charge in [-0.05, 0) is 26.3 Å². The molecule has 1 aromatic heterocycles. The monoisotopic (exact) mass is 182 g/mol. The highest BCUT2D eigenvalue weighted by Gasteiger charge is 2.15. The molecule has 0 aliphatic rings. The first kappa shape index (κ1) is 9.77. The average molecular weight is 182 g/mol. The van der Waals surface area contributed by atoms with Crippen molar-refractivity contribution >= 4 is 5.97 Å². The van der Waals surface area contributed by atoms with Gasteiger partial charge in [-0.25, -0.2) is 4.79 Å². The topological polar surface area (TPSA) is 44.1 Å². The van der Waals surface area contributed by atoms with Gasteiger partial charge < -0.3 is 4.74 Å². The van der Waals surface area contributed by atoms with Gasteiger partial charge in [-0.2, -0.15) is 5.10 Å². The van der Waals surface area contributed by atoms with E-state index < -0.39 is 0 Å². The molecule has 4 heteroatoms. The van der Waals surface area contributed by atoms with E-state index in [4.69, 9.17) is 4.74 Å². The van der Waals surface area contributed by atoms with Gasteiger partial charge in [-0.15, -0.1) is 0 Å². The Morgan fingerprint density at radius 2 is 2.46 bits per heavy atom. The van der Waals surface area contributed by atoms with Crippen molar-refractivity contribution in [2.45, 2.75) is 26.8 Å². The van der Waals surface area contributed by atoms with Gasteiger partial charge in [0, 0.05) is 6.20 Å². The van der Waals surface area contributed by atoms with Crippen molar-refractivity contribution in [3.05, 3.63) is 18.0 Å². The van der Waals surface area contributed by atoms with E-state index in [9.17, 15) is 4.79 Å². The first-order valence-electron chi connectivity index (χ1n) is 4.32. The van der Waals surface area contributed by atoms with Crippen LogP contribution in [0.3, 0.4) is 0 Å². The Bertz CT molecular complexity index is 294. The number of esters is 1. The summed E-state index contributed by atoms with van der Waals surface area (Å²) in [6.07, 6.45) is 3.54. The molecule has 1 aromatic rings. The van der Waals surface area contributed by atoms with E-state index in [1.807, 2.05) is 13.1 Å². The smallest absolute Gasteiger partial charge is 0.330 e. The van der Waals surface area contributed by atoms with Gasteiger partial charge in [-0.3, -0.25) is 4.68 Å². The Morgan fingerprint density at radius 1 is 1.77 bits per heavy atom. The van der Waals surface area contributed by atoms with Gasteiger partial charge in [0.15, 0.2) is 0 Å². The van der Waals surface area contributed by atoms with E-state index in [0.717, 1.165) is 5.56 Å². The van der Waals surface area contributed by atoms with Crippen molar-refractivity contribution in [3.63, 3.8) is 0 Å². The number of aryl methyl sites for hydroxylation is 1. The van der Waals surface area contributed by atoms with E-state index in [2.05, 4.69) is 5.10 Å². The van der Waals surface area contributed by atoms with Crippen molar-refractivity contribution < 1.29 is 9.53 Å². The van der Waals surface area contributed by atoms with Crippen LogP contribution in [0.2, 0.25) is 0 Å². The molecule has 72 valence electrons. The van der Waals surface area contributed by atoms with Crippen molar-refractivity contribution in [2.75, 3.05) is 6.61 Å². The predicted molar refractivity (Wildman–Crippen MR) is 48.3 cm³/mol. The Labute approximate surface area is 77.5 Å². The van der Waals surface area contributed by atoms with Crippen LogP contribution < -0.4 is 0 Å². The Hall–Kier alpha value is -1.32. The largest absolute Gasteiger partial charge is 0.464 e. The molecule has 0 saturated carbocycles. The zero-order valence-electron chi connectivity index (χ0n) is 8.15. The number of hydrogen-bond acceptors (Lipinski definition) is 3. The number of aromatic nitrogens is 2. The molecule has 0 unspecified atom stereocenters. The minimum Gasteiger partial charge on any atom is -0.464 e. The van der Waals surface area contributed by atoms with Crippen molar-refractivity contribution in [2.24, 2.45) is 0 Å². The summed E-state index contributed by atoms with van der Waals surface area (Å²) in [5.41, 5.74) is 1.04. The third-order valence-corrected chi connectivity index (χ3v) is 1.76. The Morgan fingerprint density at radius 3 is 2.92 bits per heavy atom. The molecule has 0 aliphatic carbocycles. The zero-order chi connectivity index (χ0) is 9.84. The number of rotatable bonds is 3. The van der Waals surface area contributed by atoms with E-state index in [1.165, 1.54) is 0 Å². The number of carbonyl (C=O) groups is 1. The second kappa shape index (κ2) is 4.07. The van der Waals surface area contributed by atoms with E-state index in [0.29, 0.717) is 6.61 Å². The van der Waals surface area contributed by atoms with Crippen LogP contribution >= 0.6 is 0 Å². The van der Waals surface area contributed by atoms with Crippen LogP contribution in [0, 0.1) is 6.92 Å². The Kier molecular flexibility index (Phi) is 3.06. The molecule has 4 nitrogen and oxygen atoms in total. The summed E-state index contributed by atoms with van der Waals surface area (Å²) in [6.45, 7) is 5.90. The average Bonchev–Trinajstić information content (AvgIpc) is 2.51. The first-order chi connectivity index (χ1) is 6.15. The summed E-state index contributed by atoms with van der Waals surface area (Å²) in [5.74, 6) is -0.245. The maximum absolute atomic E-state index is 11.3. The minimum atomic E-state index is -0.339. The molecule has 0 bridgehead atoms. The standard InChI is InChI=1S/C9H14N2O2/c1-4-13-9(12)8(3)11-6-7(2)5-10-11/h5-6,8H,4H2,1-3H3/t8-/m0/s1. The summed E-state index contributed by atoms with van der Waals surface area (Å²) >= 11 is 0. The minimum absolute atomic E-state index is 0.245. The fraction of sp³-hybridized carbons (Fsp3) is 0.556. The third kappa shape index (κ3) is 2.31. The third-order valence-electron chi connectivity index (χ3n) is 1.76. The van der Waals surface area contributed by atoms with Crippen LogP contribution in [0.15, 0.2) is 12.4 Å². The number of ether oxygens (including phenoxy) is 1. The van der Waals surface area contributed by atoms with Gasteiger partial charge in [0.2, 0.25) is 0 Å². The van der Waals surface area contributed by atoms with Crippen molar-refractivity contribution in [1.82, 2.24) is 9.78 Å². The molecule has 1 heterocycles. The molecule has 0 radical (unpaired) electrons. The lowest BCUT2D eigenvalue weighted by molar-refractivity contribution is -0.146. The summed E-state index contributed by atoms with van der Waals surface area (Å²) in [6, 6.07) is -0.339. The highest BCUT2D eigenvalue weighted by molar-refractivity contribution is 5.73. The van der Waals surface area contributed by atoms with Crippen LogP contribution in [0.25, 0.3) is 0 Å². The van der Waals surface area contributed by atoms with Crippen LogP contribution in [-0.2, 0) is 9.53 Å². The molecular weight excluding hydrogens is 168 g/mol. The Balaban J connectivity index is 2.67. The lowest BCUT2D eigenvalue weighted by Gasteiger charge is -2.10. The summed E-state index contributed by atoms with van der Waals surface area (Å²) in [5, 5.41) is 4.03. The van der Waals surface area contributed by atoms with Crippen LogP contribution in [0.1, 0.15) is 25.5 Å². The molecule has 0 aliphatic heterocycles. The summed E-state index contributed by atoms with van der Waals surface area (Å²) in [7, 11) is 0.